The number of ether oxygens (including phenoxy) is 2. The van der Waals surface area contributed by atoms with Crippen molar-refractivity contribution >= 4 is 40.9 Å². The summed E-state index contributed by atoms with van der Waals surface area (Å²) in [6.45, 7) is 0.671. The highest BCUT2D eigenvalue weighted by molar-refractivity contribution is 7.99. The van der Waals surface area contributed by atoms with Crippen molar-refractivity contribution in [2.75, 3.05) is 25.2 Å². The van der Waals surface area contributed by atoms with E-state index in [4.69, 9.17) is 27.9 Å². The fourth-order valence-electron chi connectivity index (χ4n) is 3.73. The van der Waals surface area contributed by atoms with Crippen LogP contribution in [0, 0.1) is 0 Å². The number of carbonyl (C=O) groups is 1. The monoisotopic (exact) mass is 516 g/mol. The van der Waals surface area contributed by atoms with Gasteiger partial charge >= 0.3 is 5.97 Å². The molecule has 3 aromatic rings. The number of hydrogen-bond acceptors (Lipinski definition) is 4. The SMILES string of the molecule is COC(=O)CCc1ccc(OCCSCCCC(c2ccc(Cl)cc2)c2ccc(Cl)cc2)cc1. The Morgan fingerprint density at radius 1 is 0.853 bits per heavy atom. The predicted octanol–water partition coefficient (Wildman–Crippen LogP) is 7.82. The largest absolute Gasteiger partial charge is 0.493 e. The zero-order valence-corrected chi connectivity index (χ0v) is 21.7. The quantitative estimate of drug-likeness (QED) is 0.171. The van der Waals surface area contributed by atoms with Crippen LogP contribution in [-0.4, -0.2) is 31.2 Å². The van der Waals surface area contributed by atoms with E-state index < -0.39 is 0 Å². The Labute approximate surface area is 216 Å². The topological polar surface area (TPSA) is 35.5 Å². The second-order valence-corrected chi connectivity index (χ2v) is 10.1. The Kier molecular flexibility index (Phi) is 11.1. The molecule has 0 saturated heterocycles. The summed E-state index contributed by atoms with van der Waals surface area (Å²) >= 11 is 14.1. The first-order chi connectivity index (χ1) is 16.5. The molecule has 3 nitrogen and oxygen atoms in total. The lowest BCUT2D eigenvalue weighted by Crippen LogP contribution is -2.04. The summed E-state index contributed by atoms with van der Waals surface area (Å²) in [6, 6.07) is 24.2. The average molecular weight is 518 g/mol. The van der Waals surface area contributed by atoms with Gasteiger partial charge in [-0.3, -0.25) is 4.79 Å². The first kappa shape index (κ1) is 26.5. The Balaban J connectivity index is 1.39. The van der Waals surface area contributed by atoms with Gasteiger partial charge in [0.1, 0.15) is 5.75 Å². The van der Waals surface area contributed by atoms with E-state index in [9.17, 15) is 4.79 Å². The van der Waals surface area contributed by atoms with E-state index in [0.717, 1.165) is 45.7 Å². The molecular formula is C28H30Cl2O3S. The third kappa shape index (κ3) is 8.90. The summed E-state index contributed by atoms with van der Waals surface area (Å²) in [4.78, 5) is 11.2. The molecule has 34 heavy (non-hydrogen) atoms. The number of thioether (sulfide) groups is 1. The maximum atomic E-state index is 11.2. The minimum absolute atomic E-state index is 0.190. The van der Waals surface area contributed by atoms with Crippen molar-refractivity contribution in [1.29, 1.82) is 0 Å². The van der Waals surface area contributed by atoms with E-state index in [2.05, 4.69) is 29.0 Å². The summed E-state index contributed by atoms with van der Waals surface area (Å²) in [7, 11) is 1.41. The zero-order chi connectivity index (χ0) is 24.2. The van der Waals surface area contributed by atoms with Crippen molar-refractivity contribution in [3.05, 3.63) is 99.5 Å². The summed E-state index contributed by atoms with van der Waals surface area (Å²) in [5.41, 5.74) is 3.65. The maximum absolute atomic E-state index is 11.2. The highest BCUT2D eigenvalue weighted by Gasteiger charge is 2.14. The van der Waals surface area contributed by atoms with Crippen LogP contribution in [-0.2, 0) is 16.0 Å². The molecule has 0 fully saturated rings. The van der Waals surface area contributed by atoms with E-state index >= 15 is 0 Å². The molecule has 0 bridgehead atoms. The highest BCUT2D eigenvalue weighted by Crippen LogP contribution is 2.31. The number of benzene rings is 3. The van der Waals surface area contributed by atoms with Gasteiger partial charge in [0.25, 0.3) is 0 Å². The molecule has 3 aromatic carbocycles. The Bertz CT molecular complexity index is 960. The first-order valence-corrected chi connectivity index (χ1v) is 13.3. The van der Waals surface area contributed by atoms with E-state index in [-0.39, 0.29) is 5.97 Å². The van der Waals surface area contributed by atoms with Crippen molar-refractivity contribution < 1.29 is 14.3 Å². The van der Waals surface area contributed by atoms with Crippen molar-refractivity contribution in [2.45, 2.75) is 31.6 Å². The third-order valence-corrected chi connectivity index (χ3v) is 7.13. The van der Waals surface area contributed by atoms with E-state index in [1.165, 1.54) is 18.2 Å². The lowest BCUT2D eigenvalue weighted by molar-refractivity contribution is -0.140. The van der Waals surface area contributed by atoms with Gasteiger partial charge in [0.15, 0.2) is 0 Å². The van der Waals surface area contributed by atoms with Crippen LogP contribution in [0.25, 0.3) is 0 Å². The average Bonchev–Trinajstić information content (AvgIpc) is 2.86. The summed E-state index contributed by atoms with van der Waals surface area (Å²) < 4.78 is 10.5. The van der Waals surface area contributed by atoms with Crippen LogP contribution in [0.1, 0.15) is 41.9 Å². The number of esters is 1. The van der Waals surface area contributed by atoms with Gasteiger partial charge in [-0.15, -0.1) is 0 Å². The molecule has 0 aliphatic heterocycles. The standard InChI is InChI=1S/C28H30Cl2O3S/c1-32-28(31)17-6-21-4-15-26(16-5-21)33-18-20-34-19-2-3-27(22-7-11-24(29)12-8-22)23-9-13-25(30)14-10-23/h4-5,7-16,27H,2-3,6,17-20H2,1H3. The second kappa shape index (κ2) is 14.3. The van der Waals surface area contributed by atoms with Gasteiger partial charge in [-0.1, -0.05) is 59.6 Å². The number of hydrogen-bond donors (Lipinski definition) is 0. The normalized spacial score (nSPS) is 10.9. The molecule has 0 spiro atoms. The summed E-state index contributed by atoms with van der Waals surface area (Å²) in [6.07, 6.45) is 3.24. The fraction of sp³-hybridized carbons (Fsp3) is 0.321. The number of carbonyl (C=O) groups excluding carboxylic acids is 1. The molecule has 0 aliphatic rings. The summed E-state index contributed by atoms with van der Waals surface area (Å²) in [5.74, 6) is 3.01. The molecule has 0 amide bonds. The minimum atomic E-state index is -0.190. The fourth-order valence-corrected chi connectivity index (χ4v) is 4.75. The van der Waals surface area contributed by atoms with Gasteiger partial charge in [0.2, 0.25) is 0 Å². The summed E-state index contributed by atoms with van der Waals surface area (Å²) in [5, 5.41) is 1.51. The van der Waals surface area contributed by atoms with Gasteiger partial charge in [-0.05, 0) is 78.1 Å². The Morgan fingerprint density at radius 2 is 1.44 bits per heavy atom. The second-order valence-electron chi connectivity index (χ2n) is 7.98. The molecule has 0 unspecified atom stereocenters. The number of aryl methyl sites for hydroxylation is 1. The van der Waals surface area contributed by atoms with E-state index in [1.807, 2.05) is 60.3 Å². The molecule has 0 saturated carbocycles. The number of halogens is 2. The van der Waals surface area contributed by atoms with E-state index in [0.29, 0.717) is 25.4 Å². The molecule has 180 valence electrons. The van der Waals surface area contributed by atoms with Gasteiger partial charge in [-0.25, -0.2) is 0 Å². The van der Waals surface area contributed by atoms with Crippen LogP contribution in [0.4, 0.5) is 0 Å². The van der Waals surface area contributed by atoms with Crippen molar-refractivity contribution in [3.8, 4) is 5.75 Å². The van der Waals surface area contributed by atoms with Crippen molar-refractivity contribution in [3.63, 3.8) is 0 Å². The zero-order valence-electron chi connectivity index (χ0n) is 19.3. The molecule has 0 aliphatic carbocycles. The minimum Gasteiger partial charge on any atom is -0.493 e. The lowest BCUT2D eigenvalue weighted by atomic mass is 9.88. The highest BCUT2D eigenvalue weighted by atomic mass is 35.5. The number of rotatable bonds is 13. The Hall–Kier alpha value is -2.14. The van der Waals surface area contributed by atoms with Gasteiger partial charge < -0.3 is 9.47 Å². The van der Waals surface area contributed by atoms with Crippen LogP contribution in [0.15, 0.2) is 72.8 Å². The predicted molar refractivity (Wildman–Crippen MR) is 144 cm³/mol. The smallest absolute Gasteiger partial charge is 0.305 e. The molecule has 0 heterocycles. The third-order valence-electron chi connectivity index (χ3n) is 5.59. The lowest BCUT2D eigenvalue weighted by Gasteiger charge is -2.18. The van der Waals surface area contributed by atoms with Crippen LogP contribution in [0.3, 0.4) is 0 Å². The van der Waals surface area contributed by atoms with Gasteiger partial charge in [0.05, 0.1) is 13.7 Å². The van der Waals surface area contributed by atoms with Crippen LogP contribution < -0.4 is 4.74 Å². The van der Waals surface area contributed by atoms with Crippen LogP contribution in [0.5, 0.6) is 5.75 Å². The van der Waals surface area contributed by atoms with Gasteiger partial charge in [0, 0.05) is 28.1 Å². The molecule has 0 N–H and O–H groups in total. The van der Waals surface area contributed by atoms with E-state index in [1.54, 1.807) is 0 Å². The van der Waals surface area contributed by atoms with Crippen molar-refractivity contribution in [2.24, 2.45) is 0 Å². The van der Waals surface area contributed by atoms with Crippen molar-refractivity contribution in [1.82, 2.24) is 0 Å². The van der Waals surface area contributed by atoms with Crippen LogP contribution >= 0.6 is 35.0 Å². The molecular weight excluding hydrogens is 487 g/mol. The first-order valence-electron chi connectivity index (χ1n) is 11.4. The maximum Gasteiger partial charge on any atom is 0.305 e. The van der Waals surface area contributed by atoms with Crippen LogP contribution in [0.2, 0.25) is 10.0 Å². The molecule has 3 rings (SSSR count). The molecule has 0 aromatic heterocycles. The Morgan fingerprint density at radius 3 is 2.00 bits per heavy atom. The number of methoxy groups -OCH3 is 1. The molecule has 6 heteroatoms. The molecule has 0 radical (unpaired) electrons. The van der Waals surface area contributed by atoms with Gasteiger partial charge in [-0.2, -0.15) is 11.8 Å². The molecule has 0 atom stereocenters.